The van der Waals surface area contributed by atoms with Gasteiger partial charge in [-0.25, -0.2) is 12.7 Å². The van der Waals surface area contributed by atoms with E-state index in [1.54, 1.807) is 11.8 Å². The van der Waals surface area contributed by atoms with E-state index < -0.39 is 10.0 Å². The Hall–Kier alpha value is -1.05. The molecule has 23 heavy (non-hydrogen) atoms. The predicted molar refractivity (Wildman–Crippen MR) is 93.9 cm³/mol. The molecule has 128 valence electrons. The number of carbonyl (C=O) groups is 1. The molecule has 0 bridgehead atoms. The van der Waals surface area contributed by atoms with E-state index >= 15 is 0 Å². The van der Waals surface area contributed by atoms with Crippen LogP contribution in [-0.4, -0.2) is 44.2 Å². The first-order chi connectivity index (χ1) is 10.8. The van der Waals surface area contributed by atoms with Gasteiger partial charge in [-0.05, 0) is 43.7 Å². The van der Waals surface area contributed by atoms with E-state index in [-0.39, 0.29) is 17.9 Å². The molecule has 1 N–H and O–H groups in total. The average Bonchev–Trinajstić information content (AvgIpc) is 2.54. The van der Waals surface area contributed by atoms with Crippen molar-refractivity contribution in [2.45, 2.75) is 30.7 Å². The summed E-state index contributed by atoms with van der Waals surface area (Å²) in [6.07, 6.45) is 4.41. The Balaban J connectivity index is 1.89. The third-order valence-electron chi connectivity index (χ3n) is 4.27. The summed E-state index contributed by atoms with van der Waals surface area (Å²) in [6.45, 7) is 2.82. The molecule has 0 radical (unpaired) electrons. The molecule has 1 heterocycles. The predicted octanol–water partition coefficient (Wildman–Crippen LogP) is 2.26. The Bertz CT molecular complexity index is 636. The molecule has 1 saturated heterocycles. The monoisotopic (exact) mass is 356 g/mol. The standard InChI is InChI=1S/C16H24N2O3S2/c1-12(13-4-6-15(22-2)7-5-13)17-16(19)14-8-10-18(11-9-14)23(3,20)21/h4-7,12,14H,8-11H2,1-3H3,(H,17,19)/t12-/m0/s1. The van der Waals surface area contributed by atoms with Crippen LogP contribution in [0.1, 0.15) is 31.4 Å². The molecule has 1 aliphatic heterocycles. The highest BCUT2D eigenvalue weighted by molar-refractivity contribution is 7.98. The Morgan fingerprint density at radius 2 is 1.83 bits per heavy atom. The Morgan fingerprint density at radius 1 is 1.26 bits per heavy atom. The van der Waals surface area contributed by atoms with Crippen molar-refractivity contribution >= 4 is 27.7 Å². The number of hydrogen-bond donors (Lipinski definition) is 1. The fourth-order valence-electron chi connectivity index (χ4n) is 2.76. The first kappa shape index (κ1) is 18.3. The smallest absolute Gasteiger partial charge is 0.223 e. The van der Waals surface area contributed by atoms with E-state index in [1.807, 2.05) is 37.4 Å². The van der Waals surface area contributed by atoms with E-state index in [0.717, 1.165) is 5.56 Å². The van der Waals surface area contributed by atoms with Gasteiger partial charge in [0.1, 0.15) is 0 Å². The number of amides is 1. The minimum atomic E-state index is -3.15. The quantitative estimate of drug-likeness (QED) is 0.822. The van der Waals surface area contributed by atoms with Crippen molar-refractivity contribution in [1.82, 2.24) is 9.62 Å². The van der Waals surface area contributed by atoms with Gasteiger partial charge in [-0.3, -0.25) is 4.79 Å². The van der Waals surface area contributed by atoms with Crippen molar-refractivity contribution in [2.24, 2.45) is 5.92 Å². The number of nitrogens with one attached hydrogen (secondary N) is 1. The number of rotatable bonds is 5. The molecule has 7 heteroatoms. The summed E-state index contributed by atoms with van der Waals surface area (Å²) in [5.74, 6) is -0.0967. The molecule has 1 aliphatic rings. The van der Waals surface area contributed by atoms with Crippen LogP contribution in [0.15, 0.2) is 29.2 Å². The first-order valence-electron chi connectivity index (χ1n) is 7.70. The highest BCUT2D eigenvalue weighted by Crippen LogP contribution is 2.22. The minimum absolute atomic E-state index is 0.0135. The Morgan fingerprint density at radius 3 is 2.30 bits per heavy atom. The number of hydrogen-bond acceptors (Lipinski definition) is 4. The van der Waals surface area contributed by atoms with Gasteiger partial charge in [-0.1, -0.05) is 12.1 Å². The molecule has 2 rings (SSSR count). The maximum Gasteiger partial charge on any atom is 0.223 e. The summed E-state index contributed by atoms with van der Waals surface area (Å²) in [6, 6.07) is 8.11. The molecule has 0 spiro atoms. The van der Waals surface area contributed by atoms with Gasteiger partial charge in [0.05, 0.1) is 12.3 Å². The lowest BCUT2D eigenvalue weighted by Crippen LogP contribution is -2.43. The molecule has 1 aromatic carbocycles. The summed E-state index contributed by atoms with van der Waals surface area (Å²) in [7, 11) is -3.15. The lowest BCUT2D eigenvalue weighted by molar-refractivity contribution is -0.126. The maximum absolute atomic E-state index is 12.4. The highest BCUT2D eigenvalue weighted by Gasteiger charge is 2.29. The molecule has 5 nitrogen and oxygen atoms in total. The number of nitrogens with zero attached hydrogens (tertiary/aromatic N) is 1. The van der Waals surface area contributed by atoms with Crippen LogP contribution in [0, 0.1) is 5.92 Å². The van der Waals surface area contributed by atoms with Gasteiger partial charge in [0.2, 0.25) is 15.9 Å². The van der Waals surface area contributed by atoms with Crippen molar-refractivity contribution in [3.05, 3.63) is 29.8 Å². The van der Waals surface area contributed by atoms with E-state index in [9.17, 15) is 13.2 Å². The summed E-state index contributed by atoms with van der Waals surface area (Å²) in [5, 5.41) is 3.04. The third kappa shape index (κ3) is 4.96. The number of thioether (sulfide) groups is 1. The van der Waals surface area contributed by atoms with Crippen LogP contribution in [0.2, 0.25) is 0 Å². The van der Waals surface area contributed by atoms with Crippen LogP contribution in [-0.2, 0) is 14.8 Å². The topological polar surface area (TPSA) is 66.5 Å². The summed E-state index contributed by atoms with van der Waals surface area (Å²) >= 11 is 1.69. The van der Waals surface area contributed by atoms with Gasteiger partial charge < -0.3 is 5.32 Å². The average molecular weight is 357 g/mol. The molecule has 0 aromatic heterocycles. The van der Waals surface area contributed by atoms with Crippen molar-refractivity contribution in [3.8, 4) is 0 Å². The van der Waals surface area contributed by atoms with Crippen molar-refractivity contribution < 1.29 is 13.2 Å². The molecule has 1 atom stereocenters. The van der Waals surface area contributed by atoms with E-state index in [4.69, 9.17) is 0 Å². The van der Waals surface area contributed by atoms with Gasteiger partial charge in [-0.15, -0.1) is 11.8 Å². The fourth-order valence-corrected chi connectivity index (χ4v) is 4.04. The molecule has 0 unspecified atom stereocenters. The molecule has 0 aliphatic carbocycles. The molecule has 1 amide bonds. The van der Waals surface area contributed by atoms with E-state index in [2.05, 4.69) is 5.32 Å². The Kier molecular flexibility index (Phi) is 6.11. The van der Waals surface area contributed by atoms with Crippen molar-refractivity contribution in [3.63, 3.8) is 0 Å². The summed E-state index contributed by atoms with van der Waals surface area (Å²) in [4.78, 5) is 13.6. The van der Waals surface area contributed by atoms with E-state index in [1.165, 1.54) is 15.5 Å². The minimum Gasteiger partial charge on any atom is -0.349 e. The van der Waals surface area contributed by atoms with Gasteiger partial charge in [0.25, 0.3) is 0 Å². The SMILES string of the molecule is CSc1ccc([C@H](C)NC(=O)C2CCN(S(C)(=O)=O)CC2)cc1. The zero-order chi connectivity index (χ0) is 17.0. The summed E-state index contributed by atoms with van der Waals surface area (Å²) in [5.41, 5.74) is 1.07. The first-order valence-corrected chi connectivity index (χ1v) is 10.8. The molecule has 1 aromatic rings. The largest absolute Gasteiger partial charge is 0.349 e. The van der Waals surface area contributed by atoms with Crippen LogP contribution < -0.4 is 5.32 Å². The second kappa shape index (κ2) is 7.68. The third-order valence-corrected chi connectivity index (χ3v) is 6.32. The number of piperidine rings is 1. The second-order valence-corrected chi connectivity index (χ2v) is 8.80. The normalized spacial score (nSPS) is 18.6. The van der Waals surface area contributed by atoms with Gasteiger partial charge in [0.15, 0.2) is 0 Å². The van der Waals surface area contributed by atoms with Crippen molar-refractivity contribution in [2.75, 3.05) is 25.6 Å². The number of benzene rings is 1. The maximum atomic E-state index is 12.4. The molecule has 1 fully saturated rings. The molecular weight excluding hydrogens is 332 g/mol. The second-order valence-electron chi connectivity index (χ2n) is 5.94. The lowest BCUT2D eigenvalue weighted by Gasteiger charge is -2.30. The van der Waals surface area contributed by atoms with Crippen LogP contribution in [0.25, 0.3) is 0 Å². The van der Waals surface area contributed by atoms with Gasteiger partial charge in [-0.2, -0.15) is 0 Å². The highest BCUT2D eigenvalue weighted by atomic mass is 32.2. The van der Waals surface area contributed by atoms with Crippen LogP contribution in [0.3, 0.4) is 0 Å². The van der Waals surface area contributed by atoms with E-state index in [0.29, 0.717) is 25.9 Å². The van der Waals surface area contributed by atoms with Gasteiger partial charge in [0, 0.05) is 23.9 Å². The van der Waals surface area contributed by atoms with Gasteiger partial charge >= 0.3 is 0 Å². The zero-order valence-electron chi connectivity index (χ0n) is 13.8. The van der Waals surface area contributed by atoms with Crippen molar-refractivity contribution in [1.29, 1.82) is 0 Å². The molecular formula is C16H24N2O3S2. The van der Waals surface area contributed by atoms with Crippen LogP contribution in [0.4, 0.5) is 0 Å². The number of sulfonamides is 1. The van der Waals surface area contributed by atoms with Crippen LogP contribution >= 0.6 is 11.8 Å². The fraction of sp³-hybridized carbons (Fsp3) is 0.562. The van der Waals surface area contributed by atoms with Crippen LogP contribution in [0.5, 0.6) is 0 Å². The Labute approximate surface area is 142 Å². The summed E-state index contributed by atoms with van der Waals surface area (Å²) < 4.78 is 24.4. The lowest BCUT2D eigenvalue weighted by atomic mass is 9.96. The number of carbonyl (C=O) groups excluding carboxylic acids is 1. The molecule has 0 saturated carbocycles. The zero-order valence-corrected chi connectivity index (χ0v) is 15.4.